The van der Waals surface area contributed by atoms with Crippen molar-refractivity contribution in [3.8, 4) is 0 Å². The van der Waals surface area contributed by atoms with Gasteiger partial charge in [0.2, 0.25) is 0 Å². The quantitative estimate of drug-likeness (QED) is 0.0970. The minimum atomic E-state index is 1.05. The van der Waals surface area contributed by atoms with Crippen LogP contribution >= 0.6 is 11.8 Å². The molecule has 0 bridgehead atoms. The second-order valence-electron chi connectivity index (χ2n) is 18.5. The number of hydrogen-bond acceptors (Lipinski definition) is 8. The third kappa shape index (κ3) is 46.8. The number of rotatable bonds is 0. The van der Waals surface area contributed by atoms with Gasteiger partial charge in [0.05, 0.1) is 0 Å². The van der Waals surface area contributed by atoms with E-state index in [1.54, 1.807) is 24.8 Å². The highest BCUT2D eigenvalue weighted by molar-refractivity contribution is 7.99. The number of pyridine rings is 1. The lowest BCUT2D eigenvalue weighted by atomic mass is 10.0. The van der Waals surface area contributed by atoms with Crippen molar-refractivity contribution in [3.63, 3.8) is 0 Å². The molecule has 0 spiro atoms. The Hall–Kier alpha value is -3.31. The van der Waals surface area contributed by atoms with Crippen molar-refractivity contribution in [2.45, 2.75) is 180 Å². The minimum absolute atomic E-state index is 1.05. The molecular weight excluding hydrogens is 865 g/mol. The third-order valence-corrected chi connectivity index (χ3v) is 13.4. The number of benzene rings is 2. The monoisotopic (exact) mass is 967 g/mol. The maximum Gasteiger partial charge on any atom is 0.0487 e. The molecular formula is C60H102N8S. The van der Waals surface area contributed by atoms with Gasteiger partial charge in [0.15, 0.2) is 0 Å². The predicted molar refractivity (Wildman–Crippen MR) is 304 cm³/mol. The Labute approximate surface area is 428 Å². The third-order valence-electron chi connectivity index (χ3n) is 12.2. The van der Waals surface area contributed by atoms with E-state index in [1.165, 1.54) is 242 Å². The minimum Gasteiger partial charge on any atom is -0.317 e. The van der Waals surface area contributed by atoms with Crippen LogP contribution in [0.2, 0.25) is 0 Å². The zero-order valence-electron chi connectivity index (χ0n) is 43.7. The molecule has 0 atom stereocenters. The molecule has 388 valence electrons. The number of nitrogens with one attached hydrogen (secondary N) is 6. The summed E-state index contributed by atoms with van der Waals surface area (Å²) in [6.07, 6.45) is 49.0. The summed E-state index contributed by atoms with van der Waals surface area (Å²) in [6, 6.07) is 28.1. The number of allylic oxidation sites excluding steroid dienone is 2. The SMILES string of the molecule is C1=CCCC1.C1CCCC1.C1CCCCC1.C1CCNC1.C1CCNCC1.C1CCNCC1.C1CCSCC1.C1CNC1.c1ccc2c(c1)CNC2.c1ccccc1.c1ccncc1.c1cn[nH]c1. The summed E-state index contributed by atoms with van der Waals surface area (Å²) in [5.74, 6) is 2.83. The number of aromatic nitrogens is 3. The number of hydrogen-bond donors (Lipinski definition) is 6. The van der Waals surface area contributed by atoms with E-state index in [1.807, 2.05) is 60.7 Å². The van der Waals surface area contributed by atoms with Gasteiger partial charge in [-0.05, 0) is 170 Å². The molecule has 0 unspecified atom stereocenters. The molecule has 2 aromatic carbocycles. The number of fused-ring (bicyclic) bond motifs is 1. The average molecular weight is 968 g/mol. The van der Waals surface area contributed by atoms with E-state index < -0.39 is 0 Å². The molecule has 8 heterocycles. The van der Waals surface area contributed by atoms with Crippen LogP contribution in [-0.2, 0) is 13.1 Å². The summed E-state index contributed by atoms with van der Waals surface area (Å²) in [7, 11) is 0. The van der Waals surface area contributed by atoms with E-state index in [0.29, 0.717) is 0 Å². The zero-order valence-corrected chi connectivity index (χ0v) is 44.5. The first-order valence-corrected chi connectivity index (χ1v) is 29.2. The highest BCUT2D eigenvalue weighted by Crippen LogP contribution is 2.17. The molecule has 13 rings (SSSR count). The van der Waals surface area contributed by atoms with Gasteiger partial charge in [0, 0.05) is 37.9 Å². The first kappa shape index (κ1) is 61.8. The van der Waals surface area contributed by atoms with E-state index in [9.17, 15) is 0 Å². The fourth-order valence-corrected chi connectivity index (χ4v) is 8.79. The molecule has 0 radical (unpaired) electrons. The van der Waals surface area contributed by atoms with Crippen LogP contribution in [0.25, 0.3) is 0 Å². The van der Waals surface area contributed by atoms with Gasteiger partial charge < -0.3 is 26.6 Å². The van der Waals surface area contributed by atoms with E-state index in [2.05, 4.69) is 89.9 Å². The molecule has 2 saturated carbocycles. The van der Waals surface area contributed by atoms with E-state index in [4.69, 9.17) is 0 Å². The molecule has 8 nitrogen and oxygen atoms in total. The lowest BCUT2D eigenvalue weighted by Gasteiger charge is -2.09. The zero-order chi connectivity index (χ0) is 48.5. The van der Waals surface area contributed by atoms with Crippen LogP contribution in [0.15, 0.2) is 122 Å². The summed E-state index contributed by atoms with van der Waals surface area (Å²) in [4.78, 5) is 3.78. The van der Waals surface area contributed by atoms with Crippen LogP contribution in [-0.4, -0.2) is 79.0 Å². The fourth-order valence-electron chi connectivity index (χ4n) is 7.77. The van der Waals surface area contributed by atoms with Crippen LogP contribution < -0.4 is 26.6 Å². The van der Waals surface area contributed by atoms with E-state index in [0.717, 1.165) is 13.1 Å². The van der Waals surface area contributed by atoms with Gasteiger partial charge in [-0.25, -0.2) is 0 Å². The first-order chi connectivity index (χ1) is 34.5. The molecule has 7 fully saturated rings. The van der Waals surface area contributed by atoms with Crippen LogP contribution in [0.5, 0.6) is 0 Å². The molecule has 6 N–H and O–H groups in total. The van der Waals surface area contributed by atoms with E-state index >= 15 is 0 Å². The number of nitrogens with zero attached hydrogens (tertiary/aromatic N) is 2. The summed E-state index contributed by atoms with van der Waals surface area (Å²) < 4.78 is 0. The summed E-state index contributed by atoms with van der Waals surface area (Å²) in [5, 5.41) is 22.4. The molecule has 3 aliphatic carbocycles. The second kappa shape index (κ2) is 54.0. The summed E-state index contributed by atoms with van der Waals surface area (Å²) in [5.41, 5.74) is 2.91. The number of piperidine rings is 2. The van der Waals surface area contributed by atoms with Crippen molar-refractivity contribution >= 4 is 11.8 Å². The van der Waals surface area contributed by atoms with Gasteiger partial charge in [-0.3, -0.25) is 10.1 Å². The lowest BCUT2D eigenvalue weighted by Crippen LogP contribution is -2.29. The Morgan fingerprint density at radius 2 is 0.667 bits per heavy atom. The van der Waals surface area contributed by atoms with E-state index in [-0.39, 0.29) is 0 Å². The highest BCUT2D eigenvalue weighted by Gasteiger charge is 2.06. The summed E-state index contributed by atoms with van der Waals surface area (Å²) in [6.45, 7) is 12.1. The van der Waals surface area contributed by atoms with Crippen LogP contribution in [0.1, 0.15) is 178 Å². The normalized spacial score (nSPS) is 18.7. The van der Waals surface area contributed by atoms with Crippen molar-refractivity contribution in [2.75, 3.05) is 63.9 Å². The molecule has 0 amide bonds. The fraction of sp³-hybridized carbons (Fsp3) is 0.633. The molecule has 9 aliphatic rings. The van der Waals surface area contributed by atoms with Crippen molar-refractivity contribution in [2.24, 2.45) is 0 Å². The average Bonchev–Trinajstić information content (AvgIpc) is 4.31. The highest BCUT2D eigenvalue weighted by atomic mass is 32.2. The Morgan fingerprint density at radius 1 is 0.319 bits per heavy atom. The van der Waals surface area contributed by atoms with Gasteiger partial charge >= 0.3 is 0 Å². The number of thioether (sulfide) groups is 1. The molecule has 9 heteroatoms. The summed E-state index contributed by atoms with van der Waals surface area (Å²) >= 11 is 2.09. The maximum absolute atomic E-state index is 3.78. The van der Waals surface area contributed by atoms with Crippen molar-refractivity contribution in [1.82, 2.24) is 41.8 Å². The standard InChI is InChI=1S/C8H9N.C6H12.C6H6.2C5H11N.C5H5N.C5H10S.C5H10.C5H8.C4H9N.C3H4N2.C3H7N/c1-2-4-8-6-9-5-7(8)3-1;6*1-2-4-6-5-3-1;4*1-2-4-5-3-1;1-2-4-3-1/h1-4,9H,5-6H2;1-6H2;1-6H;2*6H,1-5H2;1-5H;1-5H2;1-5H2;1-2H,3-5H2;5H,1-4H2;1-3H,(H,4,5);4H,1-3H2. The maximum atomic E-state index is 3.78. The van der Waals surface area contributed by atoms with Crippen molar-refractivity contribution in [1.29, 1.82) is 0 Å². The van der Waals surface area contributed by atoms with Gasteiger partial charge in [-0.2, -0.15) is 16.9 Å². The topological polar surface area (TPSA) is 102 Å². The molecule has 2 aromatic heterocycles. The molecule has 4 aromatic rings. The first-order valence-electron chi connectivity index (χ1n) is 28.1. The van der Waals surface area contributed by atoms with Crippen LogP contribution in [0.4, 0.5) is 0 Å². The van der Waals surface area contributed by atoms with Gasteiger partial charge in [-0.15, -0.1) is 0 Å². The molecule has 5 saturated heterocycles. The van der Waals surface area contributed by atoms with Crippen molar-refractivity contribution < 1.29 is 0 Å². The Bertz CT molecular complexity index is 1240. The Balaban J connectivity index is 0.000000259. The van der Waals surface area contributed by atoms with Crippen LogP contribution in [0.3, 0.4) is 0 Å². The lowest BCUT2D eigenvalue weighted by molar-refractivity contribution is 0.504. The Kier molecular flexibility index (Phi) is 48.4. The predicted octanol–water partition coefficient (Wildman–Crippen LogP) is 14.3. The Morgan fingerprint density at radius 3 is 0.855 bits per heavy atom. The van der Waals surface area contributed by atoms with Gasteiger partial charge in [-0.1, -0.05) is 169 Å². The van der Waals surface area contributed by atoms with Gasteiger partial charge in [0.1, 0.15) is 0 Å². The molecule has 69 heavy (non-hydrogen) atoms. The smallest absolute Gasteiger partial charge is 0.0487 e. The number of H-pyrrole nitrogens is 1. The van der Waals surface area contributed by atoms with Gasteiger partial charge in [0.25, 0.3) is 0 Å². The second-order valence-corrected chi connectivity index (χ2v) is 19.7. The molecule has 6 aliphatic heterocycles. The van der Waals surface area contributed by atoms with Crippen molar-refractivity contribution in [3.05, 3.63) is 133 Å². The number of aromatic amines is 1. The largest absolute Gasteiger partial charge is 0.317 e. The van der Waals surface area contributed by atoms with Crippen LogP contribution in [0, 0.1) is 0 Å².